The second-order valence-electron chi connectivity index (χ2n) is 9.15. The highest BCUT2D eigenvalue weighted by molar-refractivity contribution is 5.99. The van der Waals surface area contributed by atoms with Gasteiger partial charge in [-0.25, -0.2) is 0 Å². The van der Waals surface area contributed by atoms with E-state index in [2.05, 4.69) is 31.2 Å². The molecule has 2 fully saturated rings. The average molecular weight is 329 g/mol. The molecule has 0 saturated heterocycles. The fourth-order valence-corrected chi connectivity index (χ4v) is 6.82. The van der Waals surface area contributed by atoms with Crippen molar-refractivity contribution < 1.29 is 10.3 Å². The topological polar surface area (TPSA) is 52.8 Å². The first kappa shape index (κ1) is 16.4. The maximum absolute atomic E-state index is 10.1. The van der Waals surface area contributed by atoms with Crippen LogP contribution in [0.5, 0.6) is 0 Å². The molecule has 2 saturated carbocycles. The van der Waals surface area contributed by atoms with Crippen LogP contribution in [0, 0.1) is 28.6 Å². The lowest BCUT2D eigenvalue weighted by Crippen LogP contribution is -2.50. The van der Waals surface area contributed by atoms with Gasteiger partial charge in [0.2, 0.25) is 0 Å². The van der Waals surface area contributed by atoms with Crippen molar-refractivity contribution in [1.82, 2.24) is 0 Å². The molecule has 132 valence electrons. The fraction of sp³-hybridized carbons (Fsp3) is 0.762. The number of hydrogen-bond donors (Lipinski definition) is 2. The van der Waals surface area contributed by atoms with Gasteiger partial charge in [-0.3, -0.25) is 0 Å². The predicted octanol–water partition coefficient (Wildman–Crippen LogP) is 4.70. The second kappa shape index (κ2) is 5.45. The third-order valence-corrected chi connectivity index (χ3v) is 8.20. The molecular weight excluding hydrogens is 298 g/mol. The zero-order valence-electron chi connectivity index (χ0n) is 15.3. The standard InChI is InChI=1S/C21H31NO2/c1-13(22-24)17-6-7-18-16-5-4-14-12-15(23)8-10-20(14,2)19(16)9-11-21(17,18)3/h4,6,15-16,18-19,23-24H,5,7-12H2,1-3H3/b22-13+/t15-,16?,18?,19?,20-,21+/m0/s1. The van der Waals surface area contributed by atoms with Gasteiger partial charge in [0.15, 0.2) is 0 Å². The smallest absolute Gasteiger partial charge is 0.0799 e. The second-order valence-corrected chi connectivity index (χ2v) is 9.15. The zero-order chi connectivity index (χ0) is 17.1. The fourth-order valence-electron chi connectivity index (χ4n) is 6.82. The van der Waals surface area contributed by atoms with Gasteiger partial charge in [-0.05, 0) is 86.0 Å². The number of rotatable bonds is 1. The van der Waals surface area contributed by atoms with Gasteiger partial charge in [0, 0.05) is 0 Å². The molecule has 3 heteroatoms. The monoisotopic (exact) mass is 329 g/mol. The normalized spacial score (nSPS) is 48.1. The molecule has 4 aliphatic rings. The summed E-state index contributed by atoms with van der Waals surface area (Å²) < 4.78 is 0. The zero-order valence-corrected chi connectivity index (χ0v) is 15.3. The lowest BCUT2D eigenvalue weighted by molar-refractivity contribution is -0.0280. The van der Waals surface area contributed by atoms with Crippen LogP contribution in [0.2, 0.25) is 0 Å². The number of nitrogens with zero attached hydrogens (tertiary/aromatic N) is 1. The number of fused-ring (bicyclic) bond motifs is 5. The molecule has 0 spiro atoms. The van der Waals surface area contributed by atoms with Crippen molar-refractivity contribution in [2.45, 2.75) is 71.8 Å². The van der Waals surface area contributed by atoms with E-state index in [1.165, 1.54) is 30.4 Å². The molecule has 6 atom stereocenters. The maximum Gasteiger partial charge on any atom is 0.0799 e. The van der Waals surface area contributed by atoms with Gasteiger partial charge in [0.25, 0.3) is 0 Å². The van der Waals surface area contributed by atoms with Crippen molar-refractivity contribution in [1.29, 1.82) is 0 Å². The Balaban J connectivity index is 1.66. The summed E-state index contributed by atoms with van der Waals surface area (Å²) >= 11 is 0. The summed E-state index contributed by atoms with van der Waals surface area (Å²) in [6.07, 6.45) is 12.4. The Kier molecular flexibility index (Phi) is 3.72. The Morgan fingerprint density at radius 3 is 2.58 bits per heavy atom. The van der Waals surface area contributed by atoms with E-state index in [1.807, 2.05) is 6.92 Å². The minimum absolute atomic E-state index is 0.127. The van der Waals surface area contributed by atoms with Crippen molar-refractivity contribution in [3.8, 4) is 0 Å². The highest BCUT2D eigenvalue weighted by Gasteiger charge is 2.56. The Morgan fingerprint density at radius 2 is 1.83 bits per heavy atom. The van der Waals surface area contributed by atoms with E-state index in [4.69, 9.17) is 0 Å². The van der Waals surface area contributed by atoms with Gasteiger partial charge < -0.3 is 10.3 Å². The molecule has 3 nitrogen and oxygen atoms in total. The van der Waals surface area contributed by atoms with Crippen LogP contribution in [0.3, 0.4) is 0 Å². The summed E-state index contributed by atoms with van der Waals surface area (Å²) in [6.45, 7) is 6.80. The van der Waals surface area contributed by atoms with Crippen molar-refractivity contribution in [3.63, 3.8) is 0 Å². The lowest BCUT2D eigenvalue weighted by atomic mass is 9.47. The van der Waals surface area contributed by atoms with E-state index < -0.39 is 0 Å². The predicted molar refractivity (Wildman–Crippen MR) is 96.1 cm³/mol. The molecule has 0 aromatic carbocycles. The molecule has 0 heterocycles. The first-order valence-corrected chi connectivity index (χ1v) is 9.67. The molecule has 0 radical (unpaired) electrons. The molecule has 0 aromatic heterocycles. The van der Waals surface area contributed by atoms with E-state index in [9.17, 15) is 10.3 Å². The molecule has 4 rings (SSSR count). The van der Waals surface area contributed by atoms with Gasteiger partial charge in [0.05, 0.1) is 11.8 Å². The number of oxime groups is 1. The Bertz CT molecular complexity index is 634. The van der Waals surface area contributed by atoms with Gasteiger partial charge in [-0.15, -0.1) is 0 Å². The molecule has 0 aromatic rings. The van der Waals surface area contributed by atoms with Crippen molar-refractivity contribution >= 4 is 5.71 Å². The number of aliphatic hydroxyl groups excluding tert-OH is 1. The van der Waals surface area contributed by atoms with Crippen LogP contribution in [0.1, 0.15) is 65.7 Å². The molecule has 24 heavy (non-hydrogen) atoms. The Hall–Kier alpha value is -1.09. The van der Waals surface area contributed by atoms with Crippen LogP contribution in [0.15, 0.2) is 28.5 Å². The van der Waals surface area contributed by atoms with Crippen LogP contribution in [-0.2, 0) is 0 Å². The van der Waals surface area contributed by atoms with Crippen LogP contribution in [0.25, 0.3) is 0 Å². The highest BCUT2D eigenvalue weighted by Crippen LogP contribution is 2.65. The van der Waals surface area contributed by atoms with Crippen LogP contribution < -0.4 is 0 Å². The van der Waals surface area contributed by atoms with Crippen molar-refractivity contribution in [2.75, 3.05) is 0 Å². The van der Waals surface area contributed by atoms with Gasteiger partial charge in [-0.2, -0.15) is 0 Å². The lowest BCUT2D eigenvalue weighted by Gasteiger charge is -2.57. The van der Waals surface area contributed by atoms with E-state index in [0.29, 0.717) is 11.3 Å². The first-order valence-electron chi connectivity index (χ1n) is 9.67. The molecule has 4 aliphatic carbocycles. The van der Waals surface area contributed by atoms with E-state index in [-0.39, 0.29) is 11.5 Å². The third-order valence-electron chi connectivity index (χ3n) is 8.20. The molecule has 0 amide bonds. The number of hydrogen-bond acceptors (Lipinski definition) is 3. The molecule has 0 aliphatic heterocycles. The third kappa shape index (κ3) is 2.09. The number of allylic oxidation sites excluding steroid dienone is 3. The SMILES string of the molecule is C/C(=N\O)C1=CCC2C3CC=C4C[C@@H](O)CC[C@]4(C)C3CC[C@]12C. The van der Waals surface area contributed by atoms with E-state index >= 15 is 0 Å². The minimum atomic E-state index is -0.127. The summed E-state index contributed by atoms with van der Waals surface area (Å²) in [7, 11) is 0. The van der Waals surface area contributed by atoms with Crippen molar-refractivity contribution in [2.24, 2.45) is 33.7 Å². The van der Waals surface area contributed by atoms with Crippen molar-refractivity contribution in [3.05, 3.63) is 23.3 Å². The van der Waals surface area contributed by atoms with Crippen LogP contribution in [-0.4, -0.2) is 22.1 Å². The van der Waals surface area contributed by atoms with Gasteiger partial charge in [0.1, 0.15) is 0 Å². The van der Waals surface area contributed by atoms with Gasteiger partial charge >= 0.3 is 0 Å². The minimum Gasteiger partial charge on any atom is -0.411 e. The highest BCUT2D eigenvalue weighted by atomic mass is 16.4. The molecule has 0 bridgehead atoms. The number of aliphatic hydroxyl groups is 1. The van der Waals surface area contributed by atoms with E-state index in [1.54, 1.807) is 0 Å². The maximum atomic E-state index is 10.1. The van der Waals surface area contributed by atoms with E-state index in [0.717, 1.165) is 43.2 Å². The summed E-state index contributed by atoms with van der Waals surface area (Å²) in [4.78, 5) is 0. The largest absolute Gasteiger partial charge is 0.411 e. The molecule has 3 unspecified atom stereocenters. The van der Waals surface area contributed by atoms with Crippen LogP contribution >= 0.6 is 0 Å². The summed E-state index contributed by atoms with van der Waals surface area (Å²) in [5, 5.41) is 22.9. The summed E-state index contributed by atoms with van der Waals surface area (Å²) in [6, 6.07) is 0. The molecular formula is C21H31NO2. The average Bonchev–Trinajstić information content (AvgIpc) is 2.92. The van der Waals surface area contributed by atoms with Gasteiger partial charge in [-0.1, -0.05) is 36.7 Å². The Morgan fingerprint density at radius 1 is 1.08 bits per heavy atom. The van der Waals surface area contributed by atoms with Crippen LogP contribution in [0.4, 0.5) is 0 Å². The summed E-state index contributed by atoms with van der Waals surface area (Å²) in [5.41, 5.74) is 4.09. The first-order chi connectivity index (χ1) is 11.4. The Labute approximate surface area is 145 Å². The summed E-state index contributed by atoms with van der Waals surface area (Å²) in [5.74, 6) is 2.15. The molecule has 2 N–H and O–H groups in total. The quantitative estimate of drug-likeness (QED) is 0.317.